The van der Waals surface area contributed by atoms with Crippen molar-refractivity contribution in [3.8, 4) is 6.07 Å². The Labute approximate surface area is 127 Å². The number of nitriles is 1. The highest BCUT2D eigenvalue weighted by Crippen LogP contribution is 2.38. The minimum atomic E-state index is -0.918. The lowest BCUT2D eigenvalue weighted by atomic mass is 9.95. The van der Waals surface area contributed by atoms with Crippen molar-refractivity contribution in [3.63, 3.8) is 0 Å². The van der Waals surface area contributed by atoms with Gasteiger partial charge in [-0.2, -0.15) is 5.26 Å². The monoisotopic (exact) mass is 306 g/mol. The van der Waals surface area contributed by atoms with Crippen molar-refractivity contribution in [3.05, 3.63) is 16.0 Å². The molecule has 1 saturated carbocycles. The summed E-state index contributed by atoms with van der Waals surface area (Å²) >= 11 is 1.36. The highest BCUT2D eigenvalue weighted by Gasteiger charge is 2.41. The Bertz CT molecular complexity index is 630. The van der Waals surface area contributed by atoms with Crippen LogP contribution in [0.5, 0.6) is 0 Å². The SMILES string of the molecule is Cc1sc(NC(=O)C2CC(C)CC2C(=O)O)c(C#N)c1C. The zero-order chi connectivity index (χ0) is 15.7. The predicted molar refractivity (Wildman–Crippen MR) is 80.2 cm³/mol. The first kappa shape index (κ1) is 15.5. The average molecular weight is 306 g/mol. The molecular formula is C15H18N2O3S. The maximum Gasteiger partial charge on any atom is 0.307 e. The van der Waals surface area contributed by atoms with Gasteiger partial charge in [0.15, 0.2) is 0 Å². The molecule has 6 heteroatoms. The number of aliphatic carboxylic acids is 1. The Hall–Kier alpha value is -1.87. The van der Waals surface area contributed by atoms with Gasteiger partial charge >= 0.3 is 5.97 Å². The summed E-state index contributed by atoms with van der Waals surface area (Å²) in [7, 11) is 0. The molecule has 1 amide bonds. The van der Waals surface area contributed by atoms with Crippen LogP contribution in [0.15, 0.2) is 0 Å². The fourth-order valence-electron chi connectivity index (χ4n) is 2.91. The predicted octanol–water partition coefficient (Wildman–Crippen LogP) is 2.92. The minimum absolute atomic E-state index is 0.226. The maximum atomic E-state index is 12.4. The normalized spacial score (nSPS) is 24.6. The molecule has 0 bridgehead atoms. The first-order valence-corrected chi connectivity index (χ1v) is 7.70. The summed E-state index contributed by atoms with van der Waals surface area (Å²) in [4.78, 5) is 24.6. The largest absolute Gasteiger partial charge is 0.481 e. The van der Waals surface area contributed by atoms with Crippen molar-refractivity contribution in [2.45, 2.75) is 33.6 Å². The van der Waals surface area contributed by atoms with Crippen LogP contribution in [0.4, 0.5) is 5.00 Å². The summed E-state index contributed by atoms with van der Waals surface area (Å²) in [5.41, 5.74) is 1.34. The molecule has 21 heavy (non-hydrogen) atoms. The Morgan fingerprint density at radius 3 is 2.52 bits per heavy atom. The zero-order valence-corrected chi connectivity index (χ0v) is 13.1. The van der Waals surface area contributed by atoms with Crippen LogP contribution in [-0.2, 0) is 9.59 Å². The van der Waals surface area contributed by atoms with Crippen LogP contribution >= 0.6 is 11.3 Å². The van der Waals surface area contributed by atoms with Crippen LogP contribution in [0.25, 0.3) is 0 Å². The van der Waals surface area contributed by atoms with Gasteiger partial charge in [-0.25, -0.2) is 0 Å². The van der Waals surface area contributed by atoms with E-state index in [4.69, 9.17) is 0 Å². The quantitative estimate of drug-likeness (QED) is 0.898. The highest BCUT2D eigenvalue weighted by atomic mass is 32.1. The molecule has 1 aliphatic carbocycles. The van der Waals surface area contributed by atoms with Gasteiger partial charge in [0.05, 0.1) is 17.4 Å². The summed E-state index contributed by atoms with van der Waals surface area (Å²) in [6.07, 6.45) is 1.11. The van der Waals surface area contributed by atoms with Crippen LogP contribution in [0.1, 0.15) is 35.8 Å². The third-order valence-corrected chi connectivity index (χ3v) is 5.31. The van der Waals surface area contributed by atoms with Crippen molar-refractivity contribution in [1.29, 1.82) is 5.26 Å². The second-order valence-corrected chi connectivity index (χ2v) is 6.94. The van der Waals surface area contributed by atoms with Gasteiger partial charge in [0.25, 0.3) is 0 Å². The van der Waals surface area contributed by atoms with Gasteiger partial charge in [0.1, 0.15) is 11.1 Å². The van der Waals surface area contributed by atoms with Gasteiger partial charge in [-0.05, 0) is 38.2 Å². The van der Waals surface area contributed by atoms with E-state index in [9.17, 15) is 20.0 Å². The number of thiophene rings is 1. The van der Waals surface area contributed by atoms with E-state index in [1.54, 1.807) is 0 Å². The minimum Gasteiger partial charge on any atom is -0.481 e. The number of nitrogens with one attached hydrogen (secondary N) is 1. The van der Waals surface area contributed by atoms with E-state index < -0.39 is 17.8 Å². The first-order valence-electron chi connectivity index (χ1n) is 6.88. The summed E-state index contributed by atoms with van der Waals surface area (Å²) in [5, 5.41) is 21.7. The summed E-state index contributed by atoms with van der Waals surface area (Å²) < 4.78 is 0. The van der Waals surface area contributed by atoms with Gasteiger partial charge < -0.3 is 10.4 Å². The Balaban J connectivity index is 2.20. The van der Waals surface area contributed by atoms with Gasteiger partial charge in [-0.3, -0.25) is 9.59 Å². The molecule has 1 heterocycles. The maximum absolute atomic E-state index is 12.4. The number of anilines is 1. The zero-order valence-electron chi connectivity index (χ0n) is 12.3. The number of rotatable bonds is 3. The second kappa shape index (κ2) is 5.86. The third-order valence-electron chi connectivity index (χ3n) is 4.19. The van der Waals surface area contributed by atoms with E-state index in [0.717, 1.165) is 10.4 Å². The van der Waals surface area contributed by atoms with Crippen LogP contribution in [0.3, 0.4) is 0 Å². The third kappa shape index (κ3) is 2.93. The molecule has 1 aliphatic rings. The lowest BCUT2D eigenvalue weighted by Gasteiger charge is -2.14. The van der Waals surface area contributed by atoms with Crippen LogP contribution in [0, 0.1) is 42.9 Å². The molecular weight excluding hydrogens is 288 g/mol. The molecule has 2 rings (SSSR count). The summed E-state index contributed by atoms with van der Waals surface area (Å²) in [5.74, 6) is -2.13. The lowest BCUT2D eigenvalue weighted by molar-refractivity contribution is -0.145. The fraction of sp³-hybridized carbons (Fsp3) is 0.533. The second-order valence-electron chi connectivity index (χ2n) is 5.72. The Morgan fingerprint density at radius 2 is 1.95 bits per heavy atom. The smallest absolute Gasteiger partial charge is 0.307 e. The number of carboxylic acid groups (broad SMARTS) is 1. The molecule has 1 fully saturated rings. The van der Waals surface area contributed by atoms with Crippen LogP contribution in [0.2, 0.25) is 0 Å². The van der Waals surface area contributed by atoms with Gasteiger partial charge in [0.2, 0.25) is 5.91 Å². The number of nitrogens with zero attached hydrogens (tertiary/aromatic N) is 1. The molecule has 1 aromatic heterocycles. The molecule has 0 saturated heterocycles. The number of carboxylic acids is 1. The van der Waals surface area contributed by atoms with Crippen molar-refractivity contribution >= 4 is 28.2 Å². The van der Waals surface area contributed by atoms with Crippen molar-refractivity contribution < 1.29 is 14.7 Å². The molecule has 0 radical (unpaired) electrons. The highest BCUT2D eigenvalue weighted by molar-refractivity contribution is 7.16. The molecule has 5 nitrogen and oxygen atoms in total. The van der Waals surface area contributed by atoms with Crippen molar-refractivity contribution in [2.24, 2.45) is 17.8 Å². The molecule has 3 unspecified atom stereocenters. The van der Waals surface area contributed by atoms with Crippen LogP contribution in [-0.4, -0.2) is 17.0 Å². The Kier molecular flexibility index (Phi) is 4.33. The average Bonchev–Trinajstić information content (AvgIpc) is 2.92. The van der Waals surface area contributed by atoms with Gasteiger partial charge in [0, 0.05) is 4.88 Å². The van der Waals surface area contributed by atoms with E-state index in [1.807, 2.05) is 20.8 Å². The number of carbonyl (C=O) groups excluding carboxylic acids is 1. The first-order chi connectivity index (χ1) is 9.85. The molecule has 2 N–H and O–H groups in total. The summed E-state index contributed by atoms with van der Waals surface area (Å²) in [6.45, 7) is 5.70. The molecule has 1 aromatic rings. The number of carbonyl (C=O) groups is 2. The van der Waals surface area contributed by atoms with Crippen LogP contribution < -0.4 is 5.32 Å². The molecule has 3 atom stereocenters. The molecule has 112 valence electrons. The standard InChI is InChI=1S/C15H18N2O3S/c1-7-4-10(11(5-7)15(19)20)13(18)17-14-12(6-16)8(2)9(3)21-14/h7,10-11H,4-5H2,1-3H3,(H,17,18)(H,19,20). The number of hydrogen-bond donors (Lipinski definition) is 2. The van der Waals surface area contributed by atoms with E-state index >= 15 is 0 Å². The molecule has 0 spiro atoms. The topological polar surface area (TPSA) is 90.2 Å². The van der Waals surface area contributed by atoms with Crippen molar-refractivity contribution in [1.82, 2.24) is 0 Å². The van der Waals surface area contributed by atoms with Crippen molar-refractivity contribution in [2.75, 3.05) is 5.32 Å². The Morgan fingerprint density at radius 1 is 1.33 bits per heavy atom. The summed E-state index contributed by atoms with van der Waals surface area (Å²) in [6, 6.07) is 2.10. The fourth-order valence-corrected chi connectivity index (χ4v) is 3.92. The van der Waals surface area contributed by atoms with Gasteiger partial charge in [-0.15, -0.1) is 11.3 Å². The molecule has 0 aliphatic heterocycles. The molecule has 0 aromatic carbocycles. The lowest BCUT2D eigenvalue weighted by Crippen LogP contribution is -2.29. The van der Waals surface area contributed by atoms with E-state index in [2.05, 4.69) is 11.4 Å². The number of aryl methyl sites for hydroxylation is 1. The number of amides is 1. The van der Waals surface area contributed by atoms with E-state index in [-0.39, 0.29) is 11.8 Å². The van der Waals surface area contributed by atoms with E-state index in [1.165, 1.54) is 11.3 Å². The van der Waals surface area contributed by atoms with Gasteiger partial charge in [-0.1, -0.05) is 6.92 Å². The van der Waals surface area contributed by atoms with E-state index in [0.29, 0.717) is 23.4 Å². The number of hydrogen-bond acceptors (Lipinski definition) is 4.